The fourth-order valence-electron chi connectivity index (χ4n) is 2.99. The number of carbonyl (C=O) groups excluding carboxylic acids is 1. The summed E-state index contributed by atoms with van der Waals surface area (Å²) < 4.78 is 16.2. The van der Waals surface area contributed by atoms with E-state index in [1.54, 1.807) is 33.3 Å². The maximum Gasteiger partial charge on any atom is 0.254 e. The van der Waals surface area contributed by atoms with Gasteiger partial charge in [-0.05, 0) is 38.1 Å². The topological polar surface area (TPSA) is 60.0 Å². The molecule has 1 heterocycles. The summed E-state index contributed by atoms with van der Waals surface area (Å²) in [5.74, 6) is 1.45. The van der Waals surface area contributed by atoms with Crippen LogP contribution in [0.2, 0.25) is 0 Å². The lowest BCUT2D eigenvalue weighted by atomic mass is 9.90. The zero-order chi connectivity index (χ0) is 16.9. The van der Waals surface area contributed by atoms with E-state index < -0.39 is 5.60 Å². The maximum absolute atomic E-state index is 12.9. The lowest BCUT2D eigenvalue weighted by Crippen LogP contribution is -2.54. The Hall–Kier alpha value is -1.50. The van der Waals surface area contributed by atoms with Crippen molar-refractivity contribution in [3.8, 4) is 11.5 Å². The highest BCUT2D eigenvalue weighted by molar-refractivity contribution is 5.85. The van der Waals surface area contributed by atoms with Gasteiger partial charge in [0.2, 0.25) is 0 Å². The normalized spacial score (nSPS) is 16.0. The highest BCUT2D eigenvalue weighted by Gasteiger charge is 2.41. The number of halogens is 1. The summed E-state index contributed by atoms with van der Waals surface area (Å²) in [5.41, 5.74) is 0.212. The number of nitrogens with zero attached hydrogens (tertiary/aromatic N) is 1. The standard InChI is InChI=1S/C17H26N2O4.ClH/c1-19(16(20)17(23-4)7-9-18-10-8-17)12-13-5-6-14(21-2)11-15(13)22-3;/h5-6,11,18H,7-10,12H2,1-4H3;1H. The van der Waals surface area contributed by atoms with Gasteiger partial charge in [0, 0.05) is 32.3 Å². The van der Waals surface area contributed by atoms with E-state index in [4.69, 9.17) is 14.2 Å². The first-order valence-corrected chi connectivity index (χ1v) is 7.78. The van der Waals surface area contributed by atoms with Crippen LogP contribution in [0.25, 0.3) is 0 Å². The highest BCUT2D eigenvalue weighted by Crippen LogP contribution is 2.28. The van der Waals surface area contributed by atoms with E-state index in [2.05, 4.69) is 5.32 Å². The Morgan fingerprint density at radius 3 is 2.42 bits per heavy atom. The Kier molecular flexibility index (Phi) is 7.79. The molecule has 0 bridgehead atoms. The average Bonchev–Trinajstić information content (AvgIpc) is 2.61. The van der Waals surface area contributed by atoms with Crippen LogP contribution in [0.3, 0.4) is 0 Å². The molecule has 1 amide bonds. The van der Waals surface area contributed by atoms with Crippen molar-refractivity contribution in [1.82, 2.24) is 10.2 Å². The predicted octanol–water partition coefficient (Wildman–Crippen LogP) is 1.85. The Balaban J connectivity index is 0.00000288. The first-order chi connectivity index (χ1) is 11.1. The zero-order valence-electron chi connectivity index (χ0n) is 14.8. The van der Waals surface area contributed by atoms with Gasteiger partial charge < -0.3 is 24.4 Å². The fourth-order valence-corrected chi connectivity index (χ4v) is 2.99. The average molecular weight is 359 g/mol. The van der Waals surface area contributed by atoms with Crippen molar-refractivity contribution >= 4 is 18.3 Å². The molecular weight excluding hydrogens is 332 g/mol. The largest absolute Gasteiger partial charge is 0.497 e. The van der Waals surface area contributed by atoms with Crippen LogP contribution in [0.4, 0.5) is 0 Å². The van der Waals surface area contributed by atoms with Gasteiger partial charge in [0.25, 0.3) is 5.91 Å². The molecule has 1 aromatic carbocycles. The number of hydrogen-bond acceptors (Lipinski definition) is 5. The fraction of sp³-hybridized carbons (Fsp3) is 0.588. The van der Waals surface area contributed by atoms with E-state index >= 15 is 0 Å². The monoisotopic (exact) mass is 358 g/mol. The first-order valence-electron chi connectivity index (χ1n) is 7.78. The SMILES string of the molecule is COc1ccc(CN(C)C(=O)C2(OC)CCNCC2)c(OC)c1.Cl. The van der Waals surface area contributed by atoms with Crippen LogP contribution in [-0.4, -0.2) is 57.9 Å². The predicted molar refractivity (Wildman–Crippen MR) is 95.1 cm³/mol. The number of carbonyl (C=O) groups is 1. The summed E-state index contributed by atoms with van der Waals surface area (Å²) in [6.45, 7) is 2.04. The van der Waals surface area contributed by atoms with E-state index in [0.717, 1.165) is 24.4 Å². The van der Waals surface area contributed by atoms with Crippen molar-refractivity contribution < 1.29 is 19.0 Å². The molecule has 1 aliphatic heterocycles. The molecule has 1 saturated heterocycles. The van der Waals surface area contributed by atoms with E-state index in [-0.39, 0.29) is 18.3 Å². The number of hydrogen-bond donors (Lipinski definition) is 1. The molecule has 1 N–H and O–H groups in total. The molecule has 0 saturated carbocycles. The van der Waals surface area contributed by atoms with Crippen LogP contribution < -0.4 is 14.8 Å². The number of amides is 1. The van der Waals surface area contributed by atoms with Gasteiger partial charge >= 0.3 is 0 Å². The van der Waals surface area contributed by atoms with Crippen molar-refractivity contribution in [2.45, 2.75) is 25.0 Å². The smallest absolute Gasteiger partial charge is 0.254 e. The molecule has 1 fully saturated rings. The van der Waals surface area contributed by atoms with Gasteiger partial charge in [0.05, 0.1) is 14.2 Å². The van der Waals surface area contributed by atoms with Crippen LogP contribution in [0.15, 0.2) is 18.2 Å². The quantitative estimate of drug-likeness (QED) is 0.841. The van der Waals surface area contributed by atoms with Crippen LogP contribution >= 0.6 is 12.4 Å². The van der Waals surface area contributed by atoms with E-state index in [9.17, 15) is 4.79 Å². The molecular formula is C17H27ClN2O4. The summed E-state index contributed by atoms with van der Waals surface area (Å²) in [6.07, 6.45) is 1.37. The minimum Gasteiger partial charge on any atom is -0.497 e. The summed E-state index contributed by atoms with van der Waals surface area (Å²) in [4.78, 5) is 14.6. The van der Waals surface area contributed by atoms with Gasteiger partial charge in [-0.1, -0.05) is 0 Å². The number of ether oxygens (including phenoxy) is 3. The molecule has 0 aromatic heterocycles. The molecule has 1 aliphatic rings. The van der Waals surface area contributed by atoms with Gasteiger partial charge in [0.15, 0.2) is 0 Å². The summed E-state index contributed by atoms with van der Waals surface area (Å²) in [5, 5.41) is 3.26. The van der Waals surface area contributed by atoms with Gasteiger partial charge in [-0.15, -0.1) is 12.4 Å². The number of likely N-dealkylation sites (N-methyl/N-ethyl adjacent to an activating group) is 1. The van der Waals surface area contributed by atoms with Crippen LogP contribution in [0.5, 0.6) is 11.5 Å². The van der Waals surface area contributed by atoms with E-state index in [1.807, 2.05) is 18.2 Å². The Labute approximate surface area is 149 Å². The summed E-state index contributed by atoms with van der Waals surface area (Å²) in [7, 11) is 6.65. The van der Waals surface area contributed by atoms with Crippen molar-refractivity contribution in [2.75, 3.05) is 41.5 Å². The van der Waals surface area contributed by atoms with Gasteiger partial charge in [-0.3, -0.25) is 4.79 Å². The van der Waals surface area contributed by atoms with Crippen LogP contribution in [0.1, 0.15) is 18.4 Å². The molecule has 0 spiro atoms. The van der Waals surface area contributed by atoms with Crippen molar-refractivity contribution in [3.63, 3.8) is 0 Å². The molecule has 136 valence electrons. The molecule has 0 atom stereocenters. The van der Waals surface area contributed by atoms with Gasteiger partial charge in [-0.25, -0.2) is 0 Å². The molecule has 2 rings (SSSR count). The maximum atomic E-state index is 12.9. The number of rotatable bonds is 6. The van der Waals surface area contributed by atoms with Gasteiger partial charge in [0.1, 0.15) is 17.1 Å². The minimum atomic E-state index is -0.723. The number of methoxy groups -OCH3 is 3. The van der Waals surface area contributed by atoms with Crippen molar-refractivity contribution in [3.05, 3.63) is 23.8 Å². The summed E-state index contributed by atoms with van der Waals surface area (Å²) in [6, 6.07) is 5.61. The third kappa shape index (κ3) is 4.32. The Morgan fingerprint density at radius 2 is 1.88 bits per heavy atom. The molecule has 0 aliphatic carbocycles. The van der Waals surface area contributed by atoms with E-state index in [0.29, 0.717) is 25.1 Å². The second-order valence-electron chi connectivity index (χ2n) is 5.79. The molecule has 0 unspecified atom stereocenters. The lowest BCUT2D eigenvalue weighted by molar-refractivity contribution is -0.157. The zero-order valence-corrected chi connectivity index (χ0v) is 15.6. The molecule has 0 radical (unpaired) electrons. The first kappa shape index (κ1) is 20.5. The molecule has 6 nitrogen and oxygen atoms in total. The van der Waals surface area contributed by atoms with Crippen LogP contribution in [0, 0.1) is 0 Å². The number of piperidine rings is 1. The van der Waals surface area contributed by atoms with E-state index in [1.165, 1.54) is 0 Å². The molecule has 1 aromatic rings. The third-order valence-electron chi connectivity index (χ3n) is 4.44. The lowest BCUT2D eigenvalue weighted by Gasteiger charge is -2.37. The van der Waals surface area contributed by atoms with Gasteiger partial charge in [-0.2, -0.15) is 0 Å². The summed E-state index contributed by atoms with van der Waals surface area (Å²) >= 11 is 0. The van der Waals surface area contributed by atoms with Crippen molar-refractivity contribution in [2.24, 2.45) is 0 Å². The molecule has 24 heavy (non-hydrogen) atoms. The highest BCUT2D eigenvalue weighted by atomic mass is 35.5. The Bertz CT molecular complexity index is 547. The number of nitrogens with one attached hydrogen (secondary N) is 1. The second-order valence-corrected chi connectivity index (χ2v) is 5.79. The van der Waals surface area contributed by atoms with Crippen molar-refractivity contribution in [1.29, 1.82) is 0 Å². The minimum absolute atomic E-state index is 0. The molecule has 7 heteroatoms. The second kappa shape index (κ2) is 9.11. The number of benzene rings is 1. The Morgan fingerprint density at radius 1 is 1.21 bits per heavy atom. The van der Waals surface area contributed by atoms with Crippen LogP contribution in [-0.2, 0) is 16.1 Å². The third-order valence-corrected chi connectivity index (χ3v) is 4.44.